The summed E-state index contributed by atoms with van der Waals surface area (Å²) in [6.45, 7) is 5.96. The van der Waals surface area contributed by atoms with Crippen molar-refractivity contribution in [2.45, 2.75) is 20.8 Å². The zero-order valence-electron chi connectivity index (χ0n) is 8.63. The second kappa shape index (κ2) is 4.60. The number of aromatic nitrogens is 2. The number of nitrogens with one attached hydrogen (secondary N) is 1. The van der Waals surface area contributed by atoms with E-state index in [1.807, 2.05) is 13.8 Å². The summed E-state index contributed by atoms with van der Waals surface area (Å²) in [5.74, 6) is -0.326. The van der Waals surface area contributed by atoms with Gasteiger partial charge in [-0.2, -0.15) is 5.10 Å². The lowest BCUT2D eigenvalue weighted by Gasteiger charge is -1.95. The van der Waals surface area contributed by atoms with E-state index in [0.717, 1.165) is 17.0 Å². The first-order valence-corrected chi connectivity index (χ1v) is 4.51. The highest BCUT2D eigenvalue weighted by Gasteiger charge is 2.02. The first-order chi connectivity index (χ1) is 6.65. The van der Waals surface area contributed by atoms with Crippen molar-refractivity contribution in [3.8, 4) is 0 Å². The van der Waals surface area contributed by atoms with Crippen molar-refractivity contribution in [1.29, 1.82) is 0 Å². The molecular formula is C10H14N2O2. The molecule has 0 aliphatic carbocycles. The molecule has 1 N–H and O–H groups in total. The van der Waals surface area contributed by atoms with E-state index >= 15 is 0 Å². The number of carbonyl (C=O) groups is 1. The van der Waals surface area contributed by atoms with Crippen molar-refractivity contribution in [2.75, 3.05) is 6.61 Å². The molecule has 76 valence electrons. The van der Waals surface area contributed by atoms with Crippen LogP contribution in [-0.2, 0) is 9.53 Å². The molecule has 1 rings (SSSR count). The van der Waals surface area contributed by atoms with Crippen LogP contribution in [0, 0.1) is 13.8 Å². The van der Waals surface area contributed by atoms with Crippen molar-refractivity contribution >= 4 is 12.0 Å². The van der Waals surface area contributed by atoms with Gasteiger partial charge in [0.1, 0.15) is 0 Å². The Morgan fingerprint density at radius 1 is 1.57 bits per heavy atom. The van der Waals surface area contributed by atoms with Crippen LogP contribution in [0.1, 0.15) is 23.9 Å². The number of carbonyl (C=O) groups excluding carboxylic acids is 1. The Kier molecular flexibility index (Phi) is 3.45. The number of hydrogen-bond donors (Lipinski definition) is 1. The molecule has 4 nitrogen and oxygen atoms in total. The van der Waals surface area contributed by atoms with Gasteiger partial charge in [0.2, 0.25) is 0 Å². The maximum atomic E-state index is 11.0. The van der Waals surface area contributed by atoms with E-state index in [9.17, 15) is 4.79 Å². The summed E-state index contributed by atoms with van der Waals surface area (Å²) in [6.07, 6.45) is 3.13. The molecule has 14 heavy (non-hydrogen) atoms. The van der Waals surface area contributed by atoms with Gasteiger partial charge in [0, 0.05) is 17.3 Å². The molecule has 1 aromatic rings. The molecule has 1 aromatic heterocycles. The molecule has 0 fully saturated rings. The van der Waals surface area contributed by atoms with Gasteiger partial charge < -0.3 is 4.74 Å². The number of hydrogen-bond acceptors (Lipinski definition) is 3. The standard InChI is InChI=1S/C10H14N2O2/c1-4-14-10(13)6-5-9-7(2)11-12-8(9)3/h5-6H,4H2,1-3H3,(H,11,12). The fourth-order valence-corrected chi connectivity index (χ4v) is 1.15. The van der Waals surface area contributed by atoms with Gasteiger partial charge in [0.05, 0.1) is 12.3 Å². The summed E-state index contributed by atoms with van der Waals surface area (Å²) in [5.41, 5.74) is 2.77. The fraction of sp³-hybridized carbons (Fsp3) is 0.400. The number of aromatic amines is 1. The molecule has 1 heterocycles. The minimum atomic E-state index is -0.326. The van der Waals surface area contributed by atoms with Crippen LogP contribution in [0.5, 0.6) is 0 Å². The summed E-state index contributed by atoms with van der Waals surface area (Å²) in [5, 5.41) is 6.85. The van der Waals surface area contributed by atoms with Crippen molar-refractivity contribution in [3.05, 3.63) is 23.0 Å². The number of ether oxygens (including phenoxy) is 1. The molecule has 0 aliphatic rings. The SMILES string of the molecule is CCOC(=O)C=Cc1c(C)n[nH]c1C. The number of rotatable bonds is 3. The normalized spacial score (nSPS) is 10.8. The molecule has 0 aliphatic heterocycles. The van der Waals surface area contributed by atoms with Crippen molar-refractivity contribution < 1.29 is 9.53 Å². The van der Waals surface area contributed by atoms with Gasteiger partial charge in [-0.25, -0.2) is 4.79 Å². The lowest BCUT2D eigenvalue weighted by molar-refractivity contribution is -0.137. The van der Waals surface area contributed by atoms with Crippen LogP contribution in [-0.4, -0.2) is 22.8 Å². The highest BCUT2D eigenvalue weighted by Crippen LogP contribution is 2.10. The van der Waals surface area contributed by atoms with E-state index in [2.05, 4.69) is 10.2 Å². The van der Waals surface area contributed by atoms with Crippen molar-refractivity contribution in [1.82, 2.24) is 10.2 Å². The van der Waals surface area contributed by atoms with Gasteiger partial charge in [-0.1, -0.05) is 0 Å². The average molecular weight is 194 g/mol. The molecule has 0 bridgehead atoms. The van der Waals surface area contributed by atoms with E-state index in [-0.39, 0.29) is 5.97 Å². The Bertz CT molecular complexity index is 334. The monoisotopic (exact) mass is 194 g/mol. The Morgan fingerprint density at radius 3 is 2.79 bits per heavy atom. The molecule has 0 saturated carbocycles. The zero-order chi connectivity index (χ0) is 10.6. The van der Waals surface area contributed by atoms with Crippen molar-refractivity contribution in [2.24, 2.45) is 0 Å². The van der Waals surface area contributed by atoms with Gasteiger partial charge in [0.25, 0.3) is 0 Å². The van der Waals surface area contributed by atoms with Crippen LogP contribution in [0.4, 0.5) is 0 Å². The number of H-pyrrole nitrogens is 1. The minimum absolute atomic E-state index is 0.326. The van der Waals surface area contributed by atoms with Crippen LogP contribution >= 0.6 is 0 Å². The van der Waals surface area contributed by atoms with E-state index in [1.165, 1.54) is 6.08 Å². The van der Waals surface area contributed by atoms with Gasteiger partial charge in [-0.05, 0) is 26.8 Å². The third-order valence-corrected chi connectivity index (χ3v) is 1.86. The molecule has 0 spiro atoms. The molecule has 4 heteroatoms. The lowest BCUT2D eigenvalue weighted by atomic mass is 10.2. The minimum Gasteiger partial charge on any atom is -0.463 e. The Morgan fingerprint density at radius 2 is 2.29 bits per heavy atom. The average Bonchev–Trinajstić information content (AvgIpc) is 2.44. The van der Waals surface area contributed by atoms with Crippen LogP contribution < -0.4 is 0 Å². The topological polar surface area (TPSA) is 55.0 Å². The largest absolute Gasteiger partial charge is 0.463 e. The third kappa shape index (κ3) is 2.45. The summed E-state index contributed by atoms with van der Waals surface area (Å²) >= 11 is 0. The van der Waals surface area contributed by atoms with Gasteiger partial charge in [0.15, 0.2) is 0 Å². The molecule has 0 atom stereocenters. The number of nitrogens with zero attached hydrogens (tertiary/aromatic N) is 1. The van der Waals surface area contributed by atoms with E-state index in [4.69, 9.17) is 4.74 Å². The van der Waals surface area contributed by atoms with Gasteiger partial charge in [-0.3, -0.25) is 5.10 Å². The fourth-order valence-electron chi connectivity index (χ4n) is 1.15. The second-order valence-corrected chi connectivity index (χ2v) is 2.93. The van der Waals surface area contributed by atoms with Crippen molar-refractivity contribution in [3.63, 3.8) is 0 Å². The molecule has 0 radical (unpaired) electrons. The maximum absolute atomic E-state index is 11.0. The van der Waals surface area contributed by atoms with E-state index in [0.29, 0.717) is 6.61 Å². The highest BCUT2D eigenvalue weighted by atomic mass is 16.5. The summed E-state index contributed by atoms with van der Waals surface area (Å²) in [4.78, 5) is 11.0. The smallest absolute Gasteiger partial charge is 0.330 e. The van der Waals surface area contributed by atoms with Crippen LogP contribution in [0.25, 0.3) is 6.08 Å². The second-order valence-electron chi connectivity index (χ2n) is 2.93. The first-order valence-electron chi connectivity index (χ1n) is 4.51. The van der Waals surface area contributed by atoms with Crippen LogP contribution in [0.15, 0.2) is 6.08 Å². The zero-order valence-corrected chi connectivity index (χ0v) is 8.63. The van der Waals surface area contributed by atoms with Crippen LogP contribution in [0.3, 0.4) is 0 Å². The lowest BCUT2D eigenvalue weighted by Crippen LogP contribution is -1.98. The molecule has 0 aromatic carbocycles. The van der Waals surface area contributed by atoms with E-state index < -0.39 is 0 Å². The predicted molar refractivity (Wildman–Crippen MR) is 53.7 cm³/mol. The van der Waals surface area contributed by atoms with Crippen LogP contribution in [0.2, 0.25) is 0 Å². The first kappa shape index (κ1) is 10.5. The third-order valence-electron chi connectivity index (χ3n) is 1.86. The summed E-state index contributed by atoms with van der Waals surface area (Å²) in [6, 6.07) is 0. The van der Waals surface area contributed by atoms with E-state index in [1.54, 1.807) is 13.0 Å². The summed E-state index contributed by atoms with van der Waals surface area (Å²) in [7, 11) is 0. The Hall–Kier alpha value is -1.58. The Labute approximate surface area is 83.0 Å². The maximum Gasteiger partial charge on any atom is 0.330 e. The Balaban J connectivity index is 2.73. The van der Waals surface area contributed by atoms with Gasteiger partial charge >= 0.3 is 5.97 Å². The summed E-state index contributed by atoms with van der Waals surface area (Å²) < 4.78 is 4.76. The molecule has 0 amide bonds. The highest BCUT2D eigenvalue weighted by molar-refractivity contribution is 5.87. The molecular weight excluding hydrogens is 180 g/mol. The number of aryl methyl sites for hydroxylation is 2. The molecule has 0 unspecified atom stereocenters. The number of esters is 1. The molecule has 0 saturated heterocycles. The predicted octanol–water partition coefficient (Wildman–Crippen LogP) is 1.60. The quantitative estimate of drug-likeness (QED) is 0.587. The van der Waals surface area contributed by atoms with Gasteiger partial charge in [-0.15, -0.1) is 0 Å².